The number of hydrogen-bond donors (Lipinski definition) is 1. The van der Waals surface area contributed by atoms with Crippen LogP contribution in [0.5, 0.6) is 11.5 Å². The van der Waals surface area contributed by atoms with Crippen LogP contribution in [0, 0.1) is 0 Å². The van der Waals surface area contributed by atoms with E-state index in [9.17, 15) is 9.90 Å². The maximum Gasteiger partial charge on any atom is 0.356 e. The second-order valence-electron chi connectivity index (χ2n) is 5.19. The van der Waals surface area contributed by atoms with E-state index in [1.54, 1.807) is 0 Å². The molecule has 25 heavy (non-hydrogen) atoms. The Morgan fingerprint density at radius 1 is 1.16 bits per heavy atom. The number of carbonyl (C=O) groups excluding carboxylic acids is 1. The molecule has 5 nitrogen and oxygen atoms in total. The number of nitrogens with zero attached hydrogens (tertiary/aromatic N) is 1. The highest BCUT2D eigenvalue weighted by molar-refractivity contribution is 6.40. The molecule has 0 amide bonds. The molecule has 1 aromatic heterocycles. The largest absolute Gasteiger partial charge is 0.507 e. The molecule has 0 saturated carbocycles. The van der Waals surface area contributed by atoms with Crippen LogP contribution in [-0.2, 0) is 11.3 Å². The summed E-state index contributed by atoms with van der Waals surface area (Å²) in [7, 11) is 1.23. The summed E-state index contributed by atoms with van der Waals surface area (Å²) in [4.78, 5) is 16.0. The summed E-state index contributed by atoms with van der Waals surface area (Å²) in [6.07, 6.45) is 0. The number of esters is 1. The zero-order chi connectivity index (χ0) is 18.0. The molecule has 0 atom stereocenters. The lowest BCUT2D eigenvalue weighted by atomic mass is 10.1. The predicted molar refractivity (Wildman–Crippen MR) is 95.5 cm³/mol. The topological polar surface area (TPSA) is 68.7 Å². The molecule has 128 valence electrons. The zero-order valence-corrected chi connectivity index (χ0v) is 14.6. The first-order valence-electron chi connectivity index (χ1n) is 7.28. The van der Waals surface area contributed by atoms with Gasteiger partial charge in [-0.05, 0) is 11.6 Å². The van der Waals surface area contributed by atoms with Gasteiger partial charge in [-0.1, -0.05) is 53.5 Å². The molecule has 0 spiro atoms. The van der Waals surface area contributed by atoms with Crippen LogP contribution < -0.4 is 4.74 Å². The van der Waals surface area contributed by atoms with Crippen LogP contribution in [-0.4, -0.2) is 23.2 Å². The van der Waals surface area contributed by atoms with Gasteiger partial charge >= 0.3 is 5.97 Å². The molecule has 2 aromatic carbocycles. The van der Waals surface area contributed by atoms with Crippen molar-refractivity contribution in [1.29, 1.82) is 0 Å². The third-order valence-corrected chi connectivity index (χ3v) is 4.12. The summed E-state index contributed by atoms with van der Waals surface area (Å²) >= 11 is 12.4. The summed E-state index contributed by atoms with van der Waals surface area (Å²) in [6, 6.07) is 12.1. The number of rotatable bonds is 4. The average Bonchev–Trinajstić information content (AvgIpc) is 2.60. The molecule has 1 N–H and O–H groups in total. The Morgan fingerprint density at radius 3 is 2.56 bits per heavy atom. The van der Waals surface area contributed by atoms with Gasteiger partial charge in [-0.25, -0.2) is 9.78 Å². The molecule has 0 radical (unpaired) electrons. The third kappa shape index (κ3) is 3.48. The minimum atomic E-state index is -0.692. The van der Waals surface area contributed by atoms with Gasteiger partial charge in [0.25, 0.3) is 0 Å². The normalized spacial score (nSPS) is 10.7. The summed E-state index contributed by atoms with van der Waals surface area (Å²) in [5.41, 5.74) is 1.04. The molecule has 0 bridgehead atoms. The van der Waals surface area contributed by atoms with Gasteiger partial charge in [-0.3, -0.25) is 0 Å². The lowest BCUT2D eigenvalue weighted by Gasteiger charge is -2.13. The number of aromatic nitrogens is 1. The van der Waals surface area contributed by atoms with Gasteiger partial charge in [-0.15, -0.1) is 0 Å². The second kappa shape index (κ2) is 7.17. The Bertz CT molecular complexity index is 945. The van der Waals surface area contributed by atoms with Crippen LogP contribution in [0.1, 0.15) is 16.1 Å². The minimum Gasteiger partial charge on any atom is -0.507 e. The molecule has 0 aliphatic heterocycles. The van der Waals surface area contributed by atoms with Gasteiger partial charge < -0.3 is 14.6 Å². The molecule has 0 fully saturated rings. The summed E-state index contributed by atoms with van der Waals surface area (Å²) < 4.78 is 10.4. The Morgan fingerprint density at radius 2 is 1.88 bits per heavy atom. The predicted octanol–water partition coefficient (Wildman–Crippen LogP) is 4.61. The fraction of sp³-hybridized carbons (Fsp3) is 0.111. The Kier molecular flexibility index (Phi) is 4.97. The van der Waals surface area contributed by atoms with Crippen LogP contribution in [0.4, 0.5) is 0 Å². The number of carbonyl (C=O) groups is 1. The average molecular weight is 378 g/mol. The van der Waals surface area contributed by atoms with Crippen molar-refractivity contribution < 1.29 is 19.4 Å². The number of halogens is 2. The summed E-state index contributed by atoms with van der Waals surface area (Å²) in [6.45, 7) is 0.238. The molecule has 0 saturated heterocycles. The van der Waals surface area contributed by atoms with E-state index in [4.69, 9.17) is 27.9 Å². The Hall–Kier alpha value is -2.50. The van der Waals surface area contributed by atoms with Gasteiger partial charge in [0, 0.05) is 6.07 Å². The molecular formula is C18H13Cl2NO4. The van der Waals surface area contributed by atoms with Gasteiger partial charge in [0.2, 0.25) is 0 Å². The minimum absolute atomic E-state index is 0.0737. The number of fused-ring (bicyclic) bond motifs is 1. The van der Waals surface area contributed by atoms with Gasteiger partial charge in [0.1, 0.15) is 17.9 Å². The number of aromatic hydroxyl groups is 1. The van der Waals surface area contributed by atoms with E-state index >= 15 is 0 Å². The lowest BCUT2D eigenvalue weighted by Crippen LogP contribution is -2.05. The van der Waals surface area contributed by atoms with E-state index < -0.39 is 5.97 Å². The highest BCUT2D eigenvalue weighted by Crippen LogP contribution is 2.41. The van der Waals surface area contributed by atoms with Gasteiger partial charge in [0.15, 0.2) is 11.4 Å². The van der Waals surface area contributed by atoms with Crippen LogP contribution in [0.25, 0.3) is 10.9 Å². The smallest absolute Gasteiger partial charge is 0.356 e. The fourth-order valence-corrected chi connectivity index (χ4v) is 2.97. The molecule has 1 heterocycles. The van der Waals surface area contributed by atoms with E-state index in [0.717, 1.165) is 5.56 Å². The number of pyridine rings is 1. The number of ether oxygens (including phenoxy) is 2. The van der Waals surface area contributed by atoms with Crippen LogP contribution >= 0.6 is 23.2 Å². The van der Waals surface area contributed by atoms with E-state index in [2.05, 4.69) is 9.72 Å². The van der Waals surface area contributed by atoms with Crippen molar-refractivity contribution in [2.45, 2.75) is 6.61 Å². The zero-order valence-electron chi connectivity index (χ0n) is 13.1. The van der Waals surface area contributed by atoms with Crippen molar-refractivity contribution in [2.24, 2.45) is 0 Å². The molecule has 0 unspecified atom stereocenters. The van der Waals surface area contributed by atoms with Crippen LogP contribution in [0.2, 0.25) is 10.0 Å². The summed E-state index contributed by atoms with van der Waals surface area (Å²) in [5, 5.41) is 10.9. The number of hydrogen-bond acceptors (Lipinski definition) is 5. The standard InChI is InChI=1S/C18H13Cl2NO4/c1-24-18(23)13-8-14(22)15-11(19)7-12(20)17(16(15)21-13)25-9-10-5-3-2-4-6-10/h2-8H,9H2,1H3,(H,21,22). The van der Waals surface area contributed by atoms with Crippen LogP contribution in [0.3, 0.4) is 0 Å². The molecule has 7 heteroatoms. The van der Waals surface area contributed by atoms with Crippen molar-refractivity contribution in [3.63, 3.8) is 0 Å². The van der Waals surface area contributed by atoms with Gasteiger partial charge in [0.05, 0.1) is 22.5 Å². The summed E-state index contributed by atoms with van der Waals surface area (Å²) in [5.74, 6) is -0.676. The fourth-order valence-electron chi connectivity index (χ4n) is 2.37. The molecule has 0 aliphatic carbocycles. The van der Waals surface area contributed by atoms with Crippen molar-refractivity contribution in [2.75, 3.05) is 7.11 Å². The van der Waals surface area contributed by atoms with E-state index in [-0.39, 0.29) is 44.7 Å². The maximum absolute atomic E-state index is 11.8. The third-order valence-electron chi connectivity index (χ3n) is 3.54. The molecule has 3 rings (SSSR count). The lowest BCUT2D eigenvalue weighted by molar-refractivity contribution is 0.0594. The van der Waals surface area contributed by atoms with Crippen molar-refractivity contribution in [3.8, 4) is 11.5 Å². The monoisotopic (exact) mass is 377 g/mol. The van der Waals surface area contributed by atoms with E-state index in [1.807, 2.05) is 30.3 Å². The van der Waals surface area contributed by atoms with Crippen molar-refractivity contribution >= 4 is 40.1 Å². The first kappa shape index (κ1) is 17.3. The van der Waals surface area contributed by atoms with Crippen molar-refractivity contribution in [3.05, 3.63) is 63.8 Å². The quantitative estimate of drug-likeness (QED) is 0.672. The first-order chi connectivity index (χ1) is 12.0. The molecule has 0 aliphatic rings. The van der Waals surface area contributed by atoms with E-state index in [0.29, 0.717) is 0 Å². The van der Waals surface area contributed by atoms with E-state index in [1.165, 1.54) is 19.2 Å². The molecule has 3 aromatic rings. The van der Waals surface area contributed by atoms with Crippen molar-refractivity contribution in [1.82, 2.24) is 4.98 Å². The highest BCUT2D eigenvalue weighted by Gasteiger charge is 2.20. The number of benzene rings is 2. The van der Waals surface area contributed by atoms with Crippen LogP contribution in [0.15, 0.2) is 42.5 Å². The Labute approximate surface area is 153 Å². The Balaban J connectivity index is 2.12. The SMILES string of the molecule is COC(=O)c1cc(O)c2c(Cl)cc(Cl)c(OCc3ccccc3)c2n1. The first-order valence-corrected chi connectivity index (χ1v) is 8.03. The molecular weight excluding hydrogens is 365 g/mol. The maximum atomic E-state index is 11.8. The van der Waals surface area contributed by atoms with Gasteiger partial charge in [-0.2, -0.15) is 0 Å². The second-order valence-corrected chi connectivity index (χ2v) is 6.00. The highest BCUT2D eigenvalue weighted by atomic mass is 35.5. The number of methoxy groups -OCH3 is 1.